The lowest BCUT2D eigenvalue weighted by molar-refractivity contribution is -0.136. The second-order valence-corrected chi connectivity index (χ2v) is 7.18. The second-order valence-electron chi connectivity index (χ2n) is 5.93. The molecule has 1 rings (SSSR count). The van der Waals surface area contributed by atoms with Crippen molar-refractivity contribution < 1.29 is 14.7 Å². The average Bonchev–Trinajstić information content (AvgIpc) is 2.39. The molecule has 4 nitrogen and oxygen atoms in total. The predicted octanol–water partition coefficient (Wildman–Crippen LogP) is 4.02. The molecule has 21 heavy (non-hydrogen) atoms. The summed E-state index contributed by atoms with van der Waals surface area (Å²) in [6.07, 6.45) is 1.40. The van der Waals surface area contributed by atoms with Crippen molar-refractivity contribution in [2.45, 2.75) is 50.7 Å². The summed E-state index contributed by atoms with van der Waals surface area (Å²) in [5.74, 6) is -0.906. The first kappa shape index (κ1) is 17.6. The van der Waals surface area contributed by atoms with Crippen molar-refractivity contribution in [1.29, 1.82) is 0 Å². The molecular formula is C16H23NO3S. The van der Waals surface area contributed by atoms with Gasteiger partial charge in [-0.3, -0.25) is 9.59 Å². The topological polar surface area (TPSA) is 66.4 Å². The molecule has 0 aromatic heterocycles. The second kappa shape index (κ2) is 7.50. The Bertz CT molecular complexity index is 508. The summed E-state index contributed by atoms with van der Waals surface area (Å²) in [5, 5.41) is 11.6. The summed E-state index contributed by atoms with van der Waals surface area (Å²) in [6.45, 7) is 7.49. The minimum Gasteiger partial charge on any atom is -0.480 e. The van der Waals surface area contributed by atoms with Crippen LogP contribution in [0.3, 0.4) is 0 Å². The van der Waals surface area contributed by atoms with E-state index in [1.54, 1.807) is 6.07 Å². The van der Waals surface area contributed by atoms with Crippen molar-refractivity contribution in [3.8, 4) is 0 Å². The maximum atomic E-state index is 12.1. The fraction of sp³-hybridized carbons (Fsp3) is 0.500. The number of aliphatic carboxylic acids is 1. The molecule has 0 aliphatic rings. The lowest BCUT2D eigenvalue weighted by atomic mass is 9.95. The van der Waals surface area contributed by atoms with Crippen LogP contribution in [-0.2, 0) is 9.59 Å². The van der Waals surface area contributed by atoms with Crippen molar-refractivity contribution in [2.24, 2.45) is 5.41 Å². The van der Waals surface area contributed by atoms with E-state index >= 15 is 0 Å². The zero-order chi connectivity index (χ0) is 16.0. The van der Waals surface area contributed by atoms with E-state index < -0.39 is 16.6 Å². The Balaban J connectivity index is 2.93. The van der Waals surface area contributed by atoms with Crippen molar-refractivity contribution in [3.05, 3.63) is 24.3 Å². The van der Waals surface area contributed by atoms with Crippen molar-refractivity contribution in [3.63, 3.8) is 0 Å². The minimum absolute atomic E-state index is 0.0853. The van der Waals surface area contributed by atoms with Gasteiger partial charge in [-0.05, 0) is 18.6 Å². The van der Waals surface area contributed by atoms with Crippen LogP contribution >= 0.6 is 11.8 Å². The van der Waals surface area contributed by atoms with Gasteiger partial charge in [0.2, 0.25) is 5.91 Å². The van der Waals surface area contributed by atoms with E-state index in [0.29, 0.717) is 12.1 Å². The molecule has 0 aliphatic heterocycles. The van der Waals surface area contributed by atoms with Crippen LogP contribution in [0, 0.1) is 5.41 Å². The third-order valence-corrected chi connectivity index (χ3v) is 4.24. The molecule has 0 heterocycles. The van der Waals surface area contributed by atoms with Gasteiger partial charge in [0.05, 0.1) is 5.69 Å². The van der Waals surface area contributed by atoms with Gasteiger partial charge in [0, 0.05) is 10.3 Å². The van der Waals surface area contributed by atoms with Gasteiger partial charge in [0.25, 0.3) is 0 Å². The first-order valence-corrected chi connectivity index (χ1v) is 7.93. The molecule has 0 fully saturated rings. The Morgan fingerprint density at radius 2 is 1.90 bits per heavy atom. The van der Waals surface area contributed by atoms with Crippen molar-refractivity contribution in [2.75, 3.05) is 5.32 Å². The van der Waals surface area contributed by atoms with Crippen LogP contribution in [0.25, 0.3) is 0 Å². The summed E-state index contributed by atoms with van der Waals surface area (Å²) in [5.41, 5.74) is 0.178. The third-order valence-electron chi connectivity index (χ3n) is 2.91. The highest BCUT2D eigenvalue weighted by Gasteiger charge is 2.23. The molecule has 0 saturated carbocycles. The van der Waals surface area contributed by atoms with E-state index in [-0.39, 0.29) is 5.91 Å². The van der Waals surface area contributed by atoms with Crippen LogP contribution in [0.4, 0.5) is 5.69 Å². The first-order valence-electron chi connectivity index (χ1n) is 7.05. The fourth-order valence-corrected chi connectivity index (χ4v) is 2.79. The molecule has 2 N–H and O–H groups in total. The van der Waals surface area contributed by atoms with Crippen LogP contribution in [0.15, 0.2) is 29.2 Å². The van der Waals surface area contributed by atoms with Crippen molar-refractivity contribution in [1.82, 2.24) is 0 Å². The SMILES string of the molecule is CCC[C@H](Sc1ccccc1NC(=O)C(C)(C)C)C(=O)O. The minimum atomic E-state index is -0.821. The number of amides is 1. The number of carbonyl (C=O) groups is 2. The van der Waals surface area contributed by atoms with Crippen LogP contribution < -0.4 is 5.32 Å². The molecule has 5 heteroatoms. The summed E-state index contributed by atoms with van der Waals surface area (Å²) in [6, 6.07) is 7.32. The zero-order valence-corrected chi connectivity index (χ0v) is 13.8. The van der Waals surface area contributed by atoms with Gasteiger partial charge in [0.15, 0.2) is 0 Å². The predicted molar refractivity (Wildman–Crippen MR) is 86.7 cm³/mol. The number of hydrogen-bond acceptors (Lipinski definition) is 3. The number of carboxylic acid groups (broad SMARTS) is 1. The highest BCUT2D eigenvalue weighted by molar-refractivity contribution is 8.00. The average molecular weight is 309 g/mol. The molecule has 0 saturated heterocycles. The Hall–Kier alpha value is -1.49. The number of carboxylic acids is 1. The lowest BCUT2D eigenvalue weighted by Crippen LogP contribution is -2.28. The highest BCUT2D eigenvalue weighted by atomic mass is 32.2. The number of carbonyl (C=O) groups excluding carboxylic acids is 1. The Labute approximate surface area is 130 Å². The molecule has 1 atom stereocenters. The van der Waals surface area contributed by atoms with Crippen molar-refractivity contribution >= 4 is 29.3 Å². The van der Waals surface area contributed by atoms with E-state index in [1.807, 2.05) is 45.9 Å². The fourth-order valence-electron chi connectivity index (χ4n) is 1.63. The van der Waals surface area contributed by atoms with Gasteiger partial charge >= 0.3 is 5.97 Å². The molecule has 0 spiro atoms. The summed E-state index contributed by atoms with van der Waals surface area (Å²) in [7, 11) is 0. The van der Waals surface area contributed by atoms with Gasteiger partial charge in [-0.25, -0.2) is 0 Å². The van der Waals surface area contributed by atoms with Crippen LogP contribution in [-0.4, -0.2) is 22.2 Å². The maximum absolute atomic E-state index is 12.1. The van der Waals surface area contributed by atoms with E-state index in [2.05, 4.69) is 5.32 Å². The van der Waals surface area contributed by atoms with Crippen LogP contribution in [0.5, 0.6) is 0 Å². The quantitative estimate of drug-likeness (QED) is 0.779. The standard InChI is InChI=1S/C16H23NO3S/c1-5-8-13(14(18)19)21-12-10-7-6-9-11(12)17-15(20)16(2,3)4/h6-7,9-10,13H,5,8H2,1-4H3,(H,17,20)(H,18,19)/t13-/m0/s1. The van der Waals surface area contributed by atoms with E-state index in [4.69, 9.17) is 0 Å². The molecule has 0 bridgehead atoms. The van der Waals surface area contributed by atoms with E-state index in [0.717, 1.165) is 11.3 Å². The molecule has 1 amide bonds. The molecule has 116 valence electrons. The smallest absolute Gasteiger partial charge is 0.316 e. The Kier molecular flexibility index (Phi) is 6.27. The summed E-state index contributed by atoms with van der Waals surface area (Å²) in [4.78, 5) is 24.2. The van der Waals surface area contributed by atoms with Gasteiger partial charge < -0.3 is 10.4 Å². The van der Waals surface area contributed by atoms with Crippen LogP contribution in [0.1, 0.15) is 40.5 Å². The number of benzene rings is 1. The number of nitrogens with one attached hydrogen (secondary N) is 1. The number of para-hydroxylation sites is 1. The van der Waals surface area contributed by atoms with Gasteiger partial charge in [-0.2, -0.15) is 0 Å². The van der Waals surface area contributed by atoms with Crippen LogP contribution in [0.2, 0.25) is 0 Å². The Morgan fingerprint density at radius 1 is 1.29 bits per heavy atom. The van der Waals surface area contributed by atoms with Gasteiger partial charge in [0.1, 0.15) is 5.25 Å². The zero-order valence-electron chi connectivity index (χ0n) is 13.0. The number of rotatable bonds is 6. The maximum Gasteiger partial charge on any atom is 0.316 e. The molecule has 1 aromatic carbocycles. The normalized spacial score (nSPS) is 12.8. The largest absolute Gasteiger partial charge is 0.480 e. The highest BCUT2D eigenvalue weighted by Crippen LogP contribution is 2.33. The number of anilines is 1. The van der Waals surface area contributed by atoms with E-state index in [9.17, 15) is 14.7 Å². The molecule has 0 aliphatic carbocycles. The summed E-state index contributed by atoms with van der Waals surface area (Å²) >= 11 is 1.29. The van der Waals surface area contributed by atoms with E-state index in [1.165, 1.54) is 11.8 Å². The third kappa shape index (κ3) is 5.42. The number of hydrogen-bond donors (Lipinski definition) is 2. The Morgan fingerprint density at radius 3 is 2.43 bits per heavy atom. The summed E-state index contributed by atoms with van der Waals surface area (Å²) < 4.78 is 0. The molecule has 1 aromatic rings. The molecule has 0 unspecified atom stereocenters. The lowest BCUT2D eigenvalue weighted by Gasteiger charge is -2.20. The molecular weight excluding hydrogens is 286 g/mol. The first-order chi connectivity index (χ1) is 9.75. The van der Waals surface area contributed by atoms with Gasteiger partial charge in [-0.15, -0.1) is 11.8 Å². The molecule has 0 radical (unpaired) electrons. The van der Waals surface area contributed by atoms with Gasteiger partial charge in [-0.1, -0.05) is 46.2 Å². The monoisotopic (exact) mass is 309 g/mol. The number of thioether (sulfide) groups is 1.